The average molecular weight is 844 g/mol. The van der Waals surface area contributed by atoms with Crippen LogP contribution in [0.15, 0.2) is 227 Å². The predicted octanol–water partition coefficient (Wildman–Crippen LogP) is 16.9. The standard InChI is InChI=1S/C62H39N2O2/c1-3-17-39(18-4-1)63-35-36-64(40-19-5-2-6-20-40)56-38-54-48-28-14-27-47(52-32-16-30-50-44-24-10-12-34-58(44)66-62(50)52)60(48)59-45(41-21-7-8-22-42(41)53(54)37-55(56)63)25-13-26-46(59)51-31-15-29-49-43-23-9-11-33-57(43)65-61(49)51/h1-35,37-38H,36H2/q+1. The van der Waals surface area contributed by atoms with Crippen LogP contribution in [0.1, 0.15) is 0 Å². The molecule has 0 atom stereocenters. The summed E-state index contributed by atoms with van der Waals surface area (Å²) in [6.45, 7) is 0.705. The van der Waals surface area contributed by atoms with Gasteiger partial charge in [-0.1, -0.05) is 170 Å². The third-order valence-corrected chi connectivity index (χ3v) is 13.8. The highest BCUT2D eigenvalue weighted by atomic mass is 16.3. The van der Waals surface area contributed by atoms with Crippen molar-refractivity contribution in [3.05, 3.63) is 218 Å². The van der Waals surface area contributed by atoms with Crippen molar-refractivity contribution in [2.24, 2.45) is 0 Å². The highest BCUT2D eigenvalue weighted by Gasteiger charge is 2.34. The van der Waals surface area contributed by atoms with E-state index in [0.717, 1.165) is 117 Å². The summed E-state index contributed by atoms with van der Waals surface area (Å²) in [5.41, 5.74) is 21.6. The van der Waals surface area contributed by atoms with E-state index in [-0.39, 0.29) is 0 Å². The zero-order valence-electron chi connectivity index (χ0n) is 35.8. The Labute approximate surface area is 381 Å². The van der Waals surface area contributed by atoms with E-state index in [0.29, 0.717) is 6.54 Å². The third kappa shape index (κ3) is 5.42. The van der Waals surface area contributed by atoms with Gasteiger partial charge in [-0.2, -0.15) is 4.58 Å². The minimum Gasteiger partial charge on any atom is -0.455 e. The first-order valence-corrected chi connectivity index (χ1v) is 22.6. The van der Waals surface area contributed by atoms with Crippen LogP contribution in [0.3, 0.4) is 0 Å². The summed E-state index contributed by atoms with van der Waals surface area (Å²) in [6, 6.07) is 78.9. The molecule has 3 heterocycles. The number of benzene rings is 10. The molecule has 4 heteroatoms. The Bertz CT molecular complexity index is 3970. The number of furan rings is 2. The molecule has 14 rings (SSSR count). The molecule has 0 spiro atoms. The summed E-state index contributed by atoms with van der Waals surface area (Å²) in [5.74, 6) is 0. The van der Waals surface area contributed by atoms with E-state index < -0.39 is 0 Å². The molecule has 4 nitrogen and oxygen atoms in total. The molecule has 0 saturated heterocycles. The van der Waals surface area contributed by atoms with Gasteiger partial charge in [0.15, 0.2) is 6.21 Å². The van der Waals surface area contributed by atoms with Gasteiger partial charge in [-0.25, -0.2) is 0 Å². The van der Waals surface area contributed by atoms with Crippen LogP contribution in [0.4, 0.5) is 22.7 Å². The van der Waals surface area contributed by atoms with E-state index in [2.05, 4.69) is 222 Å². The second-order valence-corrected chi connectivity index (χ2v) is 17.3. The Balaban J connectivity index is 1.14. The fourth-order valence-corrected chi connectivity index (χ4v) is 10.9. The lowest BCUT2D eigenvalue weighted by Gasteiger charge is -2.31. The Morgan fingerprint density at radius 1 is 0.348 bits per heavy atom. The molecule has 2 aromatic heterocycles. The van der Waals surface area contributed by atoms with Gasteiger partial charge in [0.05, 0.1) is 0 Å². The number of hydrogen-bond donors (Lipinski definition) is 0. The van der Waals surface area contributed by atoms with Crippen molar-refractivity contribution in [1.29, 1.82) is 0 Å². The molecule has 0 amide bonds. The van der Waals surface area contributed by atoms with Crippen LogP contribution in [0.2, 0.25) is 0 Å². The topological polar surface area (TPSA) is 32.5 Å². The van der Waals surface area contributed by atoms with Gasteiger partial charge in [-0.3, -0.25) is 0 Å². The fraction of sp³-hybridized carbons (Fsp3) is 0.0161. The van der Waals surface area contributed by atoms with Gasteiger partial charge in [-0.15, -0.1) is 0 Å². The van der Waals surface area contributed by atoms with Crippen LogP contribution in [-0.2, 0) is 0 Å². The van der Waals surface area contributed by atoms with Gasteiger partial charge >= 0.3 is 0 Å². The molecule has 66 heavy (non-hydrogen) atoms. The lowest BCUT2D eigenvalue weighted by molar-refractivity contribution is 0.669. The highest BCUT2D eigenvalue weighted by molar-refractivity contribution is 6.18. The van der Waals surface area contributed by atoms with E-state index in [9.17, 15) is 0 Å². The van der Waals surface area contributed by atoms with E-state index in [4.69, 9.17) is 8.83 Å². The number of para-hydroxylation sites is 6. The van der Waals surface area contributed by atoms with Gasteiger partial charge in [0.25, 0.3) is 0 Å². The lowest BCUT2D eigenvalue weighted by atomic mass is 9.75. The first kappa shape index (κ1) is 36.7. The van der Waals surface area contributed by atoms with Crippen LogP contribution >= 0.6 is 0 Å². The zero-order chi connectivity index (χ0) is 43.3. The van der Waals surface area contributed by atoms with Crippen LogP contribution in [0.25, 0.3) is 111 Å². The van der Waals surface area contributed by atoms with Crippen LogP contribution in [-0.4, -0.2) is 12.8 Å². The molecule has 0 N–H and O–H groups in total. The second-order valence-electron chi connectivity index (χ2n) is 17.3. The van der Waals surface area contributed by atoms with Crippen molar-refractivity contribution >= 4 is 72.8 Å². The van der Waals surface area contributed by atoms with Gasteiger partial charge < -0.3 is 13.7 Å². The molecular formula is C62H39N2O2+. The molecule has 12 aromatic rings. The fourth-order valence-electron chi connectivity index (χ4n) is 10.9. The summed E-state index contributed by atoms with van der Waals surface area (Å²) in [7, 11) is 0. The Morgan fingerprint density at radius 3 is 1.38 bits per heavy atom. The maximum absolute atomic E-state index is 6.87. The SMILES string of the molecule is C1=[N+](c2ccccc2)c2cc3c(cc2N(c2ccccc2)C1)-c1cccc(-c2cccc4c2oc2ccccc24)c1-c1c(cccc1-c1cccc2c1oc1ccccc12)-c1ccccc1-3. The molecule has 0 saturated carbocycles. The van der Waals surface area contributed by atoms with Crippen molar-refractivity contribution in [2.45, 2.75) is 0 Å². The summed E-state index contributed by atoms with van der Waals surface area (Å²) >= 11 is 0. The van der Waals surface area contributed by atoms with Crippen LogP contribution < -0.4 is 9.48 Å². The lowest BCUT2D eigenvalue weighted by Crippen LogP contribution is -2.29. The molecule has 0 fully saturated rings. The molecule has 1 aliphatic heterocycles. The van der Waals surface area contributed by atoms with E-state index in [1.807, 2.05) is 12.1 Å². The highest BCUT2D eigenvalue weighted by Crippen LogP contribution is 2.57. The predicted molar refractivity (Wildman–Crippen MR) is 275 cm³/mol. The van der Waals surface area contributed by atoms with E-state index >= 15 is 0 Å². The molecule has 1 aliphatic carbocycles. The smallest absolute Gasteiger partial charge is 0.235 e. The van der Waals surface area contributed by atoms with Crippen molar-refractivity contribution in [2.75, 3.05) is 11.4 Å². The Morgan fingerprint density at radius 2 is 0.773 bits per heavy atom. The monoisotopic (exact) mass is 843 g/mol. The molecule has 10 aromatic carbocycles. The summed E-state index contributed by atoms with van der Waals surface area (Å²) in [5, 5.41) is 4.42. The summed E-state index contributed by atoms with van der Waals surface area (Å²) in [6.07, 6.45) is 2.31. The van der Waals surface area contributed by atoms with Gasteiger partial charge in [0, 0.05) is 56.6 Å². The Hall–Kier alpha value is -8.73. The average Bonchev–Trinajstić information content (AvgIpc) is 3.97. The normalized spacial score (nSPS) is 12.8. The molecule has 0 unspecified atom stereocenters. The minimum absolute atomic E-state index is 0.705. The summed E-state index contributed by atoms with van der Waals surface area (Å²) in [4.78, 5) is 2.44. The molecule has 0 bridgehead atoms. The first-order valence-electron chi connectivity index (χ1n) is 22.6. The number of hydrogen-bond acceptors (Lipinski definition) is 3. The third-order valence-electron chi connectivity index (χ3n) is 13.8. The van der Waals surface area contributed by atoms with Crippen molar-refractivity contribution in [3.63, 3.8) is 0 Å². The largest absolute Gasteiger partial charge is 0.455 e. The summed E-state index contributed by atoms with van der Waals surface area (Å²) < 4.78 is 16.1. The number of nitrogens with zero attached hydrogens (tertiary/aromatic N) is 2. The molecule has 0 radical (unpaired) electrons. The molecular weight excluding hydrogens is 805 g/mol. The van der Waals surface area contributed by atoms with Crippen LogP contribution in [0.5, 0.6) is 0 Å². The number of fused-ring (bicyclic) bond motifs is 15. The minimum atomic E-state index is 0.705. The quantitative estimate of drug-likeness (QED) is 0.165. The maximum Gasteiger partial charge on any atom is 0.235 e. The first-order chi connectivity index (χ1) is 32.8. The van der Waals surface area contributed by atoms with Crippen molar-refractivity contribution in [3.8, 4) is 66.8 Å². The molecule has 308 valence electrons. The van der Waals surface area contributed by atoms with Gasteiger partial charge in [0.1, 0.15) is 34.6 Å². The van der Waals surface area contributed by atoms with Crippen molar-refractivity contribution < 1.29 is 8.83 Å². The Kier molecular flexibility index (Phi) is 8.01. The maximum atomic E-state index is 6.87. The van der Waals surface area contributed by atoms with Gasteiger partial charge in [0.2, 0.25) is 11.4 Å². The van der Waals surface area contributed by atoms with Gasteiger partial charge in [-0.05, 0) is 86.0 Å². The van der Waals surface area contributed by atoms with E-state index in [1.54, 1.807) is 0 Å². The molecule has 2 aliphatic rings. The van der Waals surface area contributed by atoms with Crippen LogP contribution in [0, 0.1) is 0 Å². The second kappa shape index (κ2) is 14.4. The number of rotatable bonds is 4. The number of anilines is 2. The zero-order valence-corrected chi connectivity index (χ0v) is 35.8. The van der Waals surface area contributed by atoms with Crippen molar-refractivity contribution in [1.82, 2.24) is 4.58 Å². The van der Waals surface area contributed by atoms with E-state index in [1.165, 1.54) is 16.7 Å².